The van der Waals surface area contributed by atoms with Gasteiger partial charge < -0.3 is 0 Å². The molecule has 0 bridgehead atoms. The van der Waals surface area contributed by atoms with Gasteiger partial charge in [0.25, 0.3) is 5.69 Å². The van der Waals surface area contributed by atoms with Gasteiger partial charge in [-0.2, -0.15) is 0 Å². The van der Waals surface area contributed by atoms with Crippen LogP contribution in [-0.4, -0.2) is 16.1 Å². The number of hydrogen-bond acceptors (Lipinski definition) is 3. The molecule has 0 N–H and O–H groups in total. The minimum Gasteiger partial charge on any atom is -0.292 e. The SMILES string of the molecule is CC(Cl)C(=O)c1c(Br)cccc1[N+](=O)[O-]. The van der Waals surface area contributed by atoms with E-state index in [1.165, 1.54) is 19.1 Å². The largest absolute Gasteiger partial charge is 0.292 e. The number of ketones is 1. The van der Waals surface area contributed by atoms with E-state index in [9.17, 15) is 14.9 Å². The molecule has 0 aliphatic carbocycles. The Bertz CT molecular complexity index is 420. The molecule has 1 atom stereocenters. The van der Waals surface area contributed by atoms with Gasteiger partial charge >= 0.3 is 0 Å². The van der Waals surface area contributed by atoms with E-state index in [1.807, 2.05) is 0 Å². The van der Waals surface area contributed by atoms with Gasteiger partial charge in [0.15, 0.2) is 5.78 Å². The molecular weight excluding hydrogens is 285 g/mol. The highest BCUT2D eigenvalue weighted by atomic mass is 79.9. The van der Waals surface area contributed by atoms with E-state index in [0.717, 1.165) is 0 Å². The van der Waals surface area contributed by atoms with Gasteiger partial charge in [-0.25, -0.2) is 0 Å². The summed E-state index contributed by atoms with van der Waals surface area (Å²) in [6.07, 6.45) is 0. The van der Waals surface area contributed by atoms with Crippen LogP contribution in [0, 0.1) is 10.1 Å². The van der Waals surface area contributed by atoms with Crippen LogP contribution in [0.15, 0.2) is 22.7 Å². The number of rotatable bonds is 3. The smallest absolute Gasteiger partial charge is 0.281 e. The molecule has 0 fully saturated rings. The fourth-order valence-corrected chi connectivity index (χ4v) is 1.77. The molecule has 0 saturated heterocycles. The monoisotopic (exact) mass is 291 g/mol. The van der Waals surface area contributed by atoms with Crippen LogP contribution in [0.3, 0.4) is 0 Å². The zero-order chi connectivity index (χ0) is 11.6. The van der Waals surface area contributed by atoms with Crippen LogP contribution in [-0.2, 0) is 0 Å². The fraction of sp³-hybridized carbons (Fsp3) is 0.222. The van der Waals surface area contributed by atoms with E-state index in [4.69, 9.17) is 11.6 Å². The first kappa shape index (κ1) is 12.1. The van der Waals surface area contributed by atoms with Gasteiger partial charge in [0, 0.05) is 10.5 Å². The number of benzene rings is 1. The molecule has 6 heteroatoms. The predicted octanol–water partition coefficient (Wildman–Crippen LogP) is 3.17. The number of carbonyl (C=O) groups excluding carboxylic acids is 1. The van der Waals surface area contributed by atoms with Crippen molar-refractivity contribution in [1.29, 1.82) is 0 Å². The molecule has 15 heavy (non-hydrogen) atoms. The first-order valence-corrected chi connectivity index (χ1v) is 5.29. The Hall–Kier alpha value is -0.940. The van der Waals surface area contributed by atoms with Gasteiger partial charge in [-0.15, -0.1) is 11.6 Å². The third-order valence-corrected chi connectivity index (χ3v) is 2.66. The van der Waals surface area contributed by atoms with Crippen LogP contribution >= 0.6 is 27.5 Å². The lowest BCUT2D eigenvalue weighted by Gasteiger charge is -2.05. The second kappa shape index (κ2) is 4.72. The van der Waals surface area contributed by atoms with Crippen molar-refractivity contribution in [2.45, 2.75) is 12.3 Å². The molecule has 0 heterocycles. The van der Waals surface area contributed by atoms with Crippen molar-refractivity contribution in [3.05, 3.63) is 38.3 Å². The molecule has 0 radical (unpaired) electrons. The Morgan fingerprint density at radius 2 is 2.20 bits per heavy atom. The van der Waals surface area contributed by atoms with E-state index >= 15 is 0 Å². The molecule has 0 aliphatic rings. The van der Waals surface area contributed by atoms with Crippen LogP contribution in [0.25, 0.3) is 0 Å². The second-order valence-electron chi connectivity index (χ2n) is 2.87. The summed E-state index contributed by atoms with van der Waals surface area (Å²) < 4.78 is 0.384. The highest BCUT2D eigenvalue weighted by Crippen LogP contribution is 2.28. The number of nitro groups is 1. The summed E-state index contributed by atoms with van der Waals surface area (Å²) in [5, 5.41) is 9.90. The van der Waals surface area contributed by atoms with E-state index in [0.29, 0.717) is 4.47 Å². The van der Waals surface area contributed by atoms with Gasteiger partial charge in [-0.05, 0) is 28.9 Å². The van der Waals surface area contributed by atoms with Gasteiger partial charge in [0.05, 0.1) is 10.3 Å². The lowest BCUT2D eigenvalue weighted by molar-refractivity contribution is -0.385. The summed E-state index contributed by atoms with van der Waals surface area (Å²) in [5.74, 6) is -0.462. The molecule has 0 aliphatic heterocycles. The first-order valence-electron chi connectivity index (χ1n) is 4.06. The highest BCUT2D eigenvalue weighted by molar-refractivity contribution is 9.10. The number of carbonyl (C=O) groups is 1. The van der Waals surface area contributed by atoms with E-state index in [2.05, 4.69) is 15.9 Å². The van der Waals surface area contributed by atoms with Crippen molar-refractivity contribution >= 4 is 39.0 Å². The molecule has 80 valence electrons. The predicted molar refractivity (Wildman–Crippen MR) is 60.4 cm³/mol. The molecule has 0 aromatic heterocycles. The molecule has 1 aromatic carbocycles. The Balaban J connectivity index is 3.37. The number of nitrogens with zero attached hydrogens (tertiary/aromatic N) is 1. The molecule has 0 spiro atoms. The first-order chi connectivity index (χ1) is 6.95. The number of halogens is 2. The molecular formula is C9H7BrClNO3. The zero-order valence-electron chi connectivity index (χ0n) is 7.74. The van der Waals surface area contributed by atoms with Gasteiger partial charge in [0.1, 0.15) is 5.56 Å². The molecule has 4 nitrogen and oxygen atoms in total. The minimum absolute atomic E-state index is 0.0185. The molecule has 1 rings (SSSR count). The van der Waals surface area contributed by atoms with Crippen molar-refractivity contribution < 1.29 is 9.72 Å². The highest BCUT2D eigenvalue weighted by Gasteiger charge is 2.25. The Morgan fingerprint density at radius 3 is 2.67 bits per heavy atom. The summed E-state index contributed by atoms with van der Waals surface area (Å²) >= 11 is 8.72. The third kappa shape index (κ3) is 2.54. The molecule has 1 aromatic rings. The van der Waals surface area contributed by atoms with Crippen molar-refractivity contribution in [2.75, 3.05) is 0 Å². The Labute approximate surface area is 99.5 Å². The minimum atomic E-state index is -0.789. The summed E-state index contributed by atoms with van der Waals surface area (Å²) in [6, 6.07) is 4.34. The maximum absolute atomic E-state index is 11.6. The average Bonchev–Trinajstić information content (AvgIpc) is 2.16. The van der Waals surface area contributed by atoms with E-state index in [-0.39, 0.29) is 11.3 Å². The summed E-state index contributed by atoms with van der Waals surface area (Å²) in [6.45, 7) is 1.48. The van der Waals surface area contributed by atoms with Gasteiger partial charge in [0.2, 0.25) is 0 Å². The van der Waals surface area contributed by atoms with Crippen molar-refractivity contribution in [3.8, 4) is 0 Å². The fourth-order valence-electron chi connectivity index (χ4n) is 1.11. The topological polar surface area (TPSA) is 60.2 Å². The van der Waals surface area contributed by atoms with Crippen molar-refractivity contribution in [1.82, 2.24) is 0 Å². The van der Waals surface area contributed by atoms with Crippen LogP contribution in [0.2, 0.25) is 0 Å². The standard InChI is InChI=1S/C9H7BrClNO3/c1-5(11)9(13)8-6(10)3-2-4-7(8)12(14)15/h2-5H,1H3. The lowest BCUT2D eigenvalue weighted by atomic mass is 10.1. The Morgan fingerprint density at radius 1 is 1.60 bits per heavy atom. The van der Waals surface area contributed by atoms with Crippen LogP contribution in [0.1, 0.15) is 17.3 Å². The normalized spacial score (nSPS) is 12.2. The number of alkyl halides is 1. The van der Waals surface area contributed by atoms with E-state index < -0.39 is 16.1 Å². The van der Waals surface area contributed by atoms with Gasteiger partial charge in [-0.3, -0.25) is 14.9 Å². The van der Waals surface area contributed by atoms with Crippen LogP contribution in [0.5, 0.6) is 0 Å². The number of nitro benzene ring substituents is 1. The zero-order valence-corrected chi connectivity index (χ0v) is 10.1. The quantitative estimate of drug-likeness (QED) is 0.372. The maximum atomic E-state index is 11.6. The molecule has 0 saturated carbocycles. The summed E-state index contributed by atoms with van der Waals surface area (Å²) in [7, 11) is 0. The van der Waals surface area contributed by atoms with Crippen LogP contribution < -0.4 is 0 Å². The third-order valence-electron chi connectivity index (χ3n) is 1.80. The molecule has 1 unspecified atom stereocenters. The maximum Gasteiger partial charge on any atom is 0.281 e. The van der Waals surface area contributed by atoms with Crippen molar-refractivity contribution in [3.63, 3.8) is 0 Å². The average molecular weight is 293 g/mol. The number of hydrogen-bond donors (Lipinski definition) is 0. The van der Waals surface area contributed by atoms with Crippen molar-refractivity contribution in [2.24, 2.45) is 0 Å². The van der Waals surface area contributed by atoms with Gasteiger partial charge in [-0.1, -0.05) is 6.07 Å². The number of Topliss-reactive ketones (excluding diaryl/α,β-unsaturated/α-hetero) is 1. The van der Waals surface area contributed by atoms with Crippen LogP contribution in [0.4, 0.5) is 5.69 Å². The summed E-state index contributed by atoms with van der Waals surface area (Å²) in [5.41, 5.74) is -0.216. The second-order valence-corrected chi connectivity index (χ2v) is 4.38. The Kier molecular flexibility index (Phi) is 3.82. The summed E-state index contributed by atoms with van der Waals surface area (Å²) in [4.78, 5) is 21.7. The van der Waals surface area contributed by atoms with E-state index in [1.54, 1.807) is 6.07 Å². The molecule has 0 amide bonds. The lowest BCUT2D eigenvalue weighted by Crippen LogP contribution is -2.13.